The van der Waals surface area contributed by atoms with Crippen LogP contribution >= 0.6 is 0 Å². The van der Waals surface area contributed by atoms with Crippen LogP contribution in [0.15, 0.2) is 65.8 Å². The smallest absolute Gasteiger partial charge is 0.0803 e. The summed E-state index contributed by atoms with van der Waals surface area (Å²) in [7, 11) is 0. The number of hydrogen-bond donors (Lipinski definition) is 1. The zero-order valence-corrected chi connectivity index (χ0v) is 15.6. The van der Waals surface area contributed by atoms with Crippen molar-refractivity contribution in [1.82, 2.24) is 4.98 Å². The van der Waals surface area contributed by atoms with E-state index in [4.69, 9.17) is 10.4 Å². The molecule has 0 amide bonds. The Hall–Kier alpha value is -2.74. The Bertz CT molecular complexity index is 1030. The molecule has 2 aliphatic carbocycles. The van der Waals surface area contributed by atoms with Crippen LogP contribution in [0.5, 0.6) is 0 Å². The summed E-state index contributed by atoms with van der Waals surface area (Å²) >= 11 is 0. The summed E-state index contributed by atoms with van der Waals surface area (Å²) in [5.41, 5.74) is 8.61. The molecular formula is C24H24N2. The lowest BCUT2D eigenvalue weighted by Gasteiger charge is -2.15. The Morgan fingerprint density at radius 2 is 2.00 bits per heavy atom. The molecule has 1 heterocycles. The number of rotatable bonds is 2. The molecule has 2 bridgehead atoms. The van der Waals surface area contributed by atoms with Gasteiger partial charge in [0.15, 0.2) is 0 Å². The minimum Gasteiger partial charge on any atom is -0.304 e. The first kappa shape index (κ1) is 16.7. The monoisotopic (exact) mass is 340 g/mol. The van der Waals surface area contributed by atoms with Crippen LogP contribution in [-0.2, 0) is 0 Å². The molecule has 1 N–H and O–H groups in total. The quantitative estimate of drug-likeness (QED) is 0.680. The first-order valence-electron chi connectivity index (χ1n) is 9.39. The van der Waals surface area contributed by atoms with Gasteiger partial charge in [-0.15, -0.1) is 0 Å². The predicted octanol–water partition coefficient (Wildman–Crippen LogP) is 6.35. The highest BCUT2D eigenvalue weighted by molar-refractivity contribution is 6.09. The second-order valence-corrected chi connectivity index (χ2v) is 7.29. The number of nitrogens with zero attached hydrogens (tertiary/aromatic N) is 1. The van der Waals surface area contributed by atoms with Crippen LogP contribution in [0.1, 0.15) is 56.4 Å². The molecule has 2 heteroatoms. The molecule has 0 aliphatic heterocycles. The third-order valence-electron chi connectivity index (χ3n) is 5.31. The fourth-order valence-corrected chi connectivity index (χ4v) is 4.01. The molecule has 2 aliphatic rings. The number of aromatic nitrogens is 1. The molecule has 0 saturated heterocycles. The summed E-state index contributed by atoms with van der Waals surface area (Å²) in [6.45, 7) is 6.61. The van der Waals surface area contributed by atoms with Crippen molar-refractivity contribution in [2.24, 2.45) is 0 Å². The van der Waals surface area contributed by atoms with Gasteiger partial charge in [-0.25, -0.2) is 4.98 Å². The van der Waals surface area contributed by atoms with Crippen LogP contribution in [0.25, 0.3) is 16.5 Å². The summed E-state index contributed by atoms with van der Waals surface area (Å²) in [6, 6.07) is 8.56. The number of hydrogen-bond acceptors (Lipinski definition) is 2. The molecule has 2 nitrogen and oxygen atoms in total. The van der Waals surface area contributed by atoms with Gasteiger partial charge in [-0.2, -0.15) is 0 Å². The van der Waals surface area contributed by atoms with Gasteiger partial charge in [0, 0.05) is 28.7 Å². The fraction of sp³-hybridized carbons (Fsp3) is 0.250. The average molecular weight is 340 g/mol. The average Bonchev–Trinajstić information content (AvgIpc) is 2.73. The molecule has 1 aromatic heterocycles. The number of pyridine rings is 1. The lowest BCUT2D eigenvalue weighted by molar-refractivity contribution is 0.876. The van der Waals surface area contributed by atoms with Crippen molar-refractivity contribution in [3.8, 4) is 0 Å². The Morgan fingerprint density at radius 1 is 1.15 bits per heavy atom. The molecule has 2 aromatic rings. The summed E-state index contributed by atoms with van der Waals surface area (Å²) in [6.07, 6.45) is 12.1. The minimum atomic E-state index is 0.432. The van der Waals surface area contributed by atoms with E-state index in [2.05, 4.69) is 75.4 Å². The van der Waals surface area contributed by atoms with E-state index >= 15 is 0 Å². The molecule has 0 spiro atoms. The fourth-order valence-electron chi connectivity index (χ4n) is 4.01. The number of allylic oxidation sites excluding steroid dienone is 8. The van der Waals surface area contributed by atoms with Crippen LogP contribution in [0.2, 0.25) is 0 Å². The minimum absolute atomic E-state index is 0.432. The van der Waals surface area contributed by atoms with Crippen LogP contribution in [0, 0.1) is 5.41 Å². The molecule has 0 radical (unpaired) electrons. The normalized spacial score (nSPS) is 18.9. The van der Waals surface area contributed by atoms with Gasteiger partial charge >= 0.3 is 0 Å². The van der Waals surface area contributed by atoms with E-state index in [0.717, 1.165) is 28.8 Å². The zero-order chi connectivity index (χ0) is 18.3. The van der Waals surface area contributed by atoms with Crippen molar-refractivity contribution < 1.29 is 0 Å². The summed E-state index contributed by atoms with van der Waals surface area (Å²) in [4.78, 5) is 5.06. The third kappa shape index (κ3) is 2.66. The molecule has 1 aromatic carbocycles. The largest absolute Gasteiger partial charge is 0.304 e. The van der Waals surface area contributed by atoms with Crippen molar-refractivity contribution in [2.75, 3.05) is 0 Å². The first-order chi connectivity index (χ1) is 12.6. The van der Waals surface area contributed by atoms with E-state index in [-0.39, 0.29) is 0 Å². The number of fused-ring (bicyclic) bond motifs is 4. The van der Waals surface area contributed by atoms with Crippen LogP contribution in [-0.4, -0.2) is 10.7 Å². The van der Waals surface area contributed by atoms with E-state index in [1.54, 1.807) is 0 Å². The Labute approximate surface area is 155 Å². The lowest BCUT2D eigenvalue weighted by atomic mass is 9.93. The maximum atomic E-state index is 8.77. The van der Waals surface area contributed by atoms with Gasteiger partial charge in [0.2, 0.25) is 0 Å². The molecule has 0 atom stereocenters. The number of nitrogens with one attached hydrogen (secondary N) is 1. The van der Waals surface area contributed by atoms with Crippen LogP contribution in [0.3, 0.4) is 0 Å². The summed E-state index contributed by atoms with van der Waals surface area (Å²) in [5, 5.41) is 9.94. The summed E-state index contributed by atoms with van der Waals surface area (Å²) in [5.74, 6) is 0.432. The van der Waals surface area contributed by atoms with Crippen molar-refractivity contribution in [3.63, 3.8) is 0 Å². The zero-order valence-electron chi connectivity index (χ0n) is 15.6. The SMILES string of the molecule is CCC1=C2/C=C\C=C/C=C1CC(=N)c1cc3c(C(C)C)cccc3nc12. The second kappa shape index (κ2) is 6.53. The molecule has 130 valence electrons. The topological polar surface area (TPSA) is 36.7 Å². The summed E-state index contributed by atoms with van der Waals surface area (Å²) < 4.78 is 0. The van der Waals surface area contributed by atoms with Gasteiger partial charge in [0.25, 0.3) is 0 Å². The van der Waals surface area contributed by atoms with E-state index in [0.29, 0.717) is 18.1 Å². The van der Waals surface area contributed by atoms with Gasteiger partial charge in [-0.3, -0.25) is 0 Å². The van der Waals surface area contributed by atoms with Gasteiger partial charge in [0.1, 0.15) is 0 Å². The first-order valence-corrected chi connectivity index (χ1v) is 9.39. The van der Waals surface area contributed by atoms with Gasteiger partial charge in [0.05, 0.1) is 11.2 Å². The van der Waals surface area contributed by atoms with Crippen molar-refractivity contribution in [2.45, 2.75) is 39.5 Å². The van der Waals surface area contributed by atoms with E-state index in [1.807, 2.05) is 0 Å². The second-order valence-electron chi connectivity index (χ2n) is 7.29. The van der Waals surface area contributed by atoms with Gasteiger partial charge in [-0.05, 0) is 41.2 Å². The van der Waals surface area contributed by atoms with E-state index < -0.39 is 0 Å². The third-order valence-corrected chi connectivity index (χ3v) is 5.31. The van der Waals surface area contributed by atoms with E-state index in [1.165, 1.54) is 22.1 Å². The van der Waals surface area contributed by atoms with E-state index in [9.17, 15) is 0 Å². The molecule has 26 heavy (non-hydrogen) atoms. The lowest BCUT2D eigenvalue weighted by Crippen LogP contribution is -2.05. The van der Waals surface area contributed by atoms with Crippen LogP contribution in [0.4, 0.5) is 0 Å². The Morgan fingerprint density at radius 3 is 2.77 bits per heavy atom. The predicted molar refractivity (Wildman–Crippen MR) is 111 cm³/mol. The highest BCUT2D eigenvalue weighted by Gasteiger charge is 2.24. The van der Waals surface area contributed by atoms with Crippen LogP contribution < -0.4 is 0 Å². The van der Waals surface area contributed by atoms with Crippen molar-refractivity contribution in [1.29, 1.82) is 5.41 Å². The highest BCUT2D eigenvalue weighted by Crippen LogP contribution is 2.37. The molecule has 0 saturated carbocycles. The molecular weight excluding hydrogens is 316 g/mol. The standard InChI is InChI=1S/C24H24N2/c1-4-17-16-9-6-5-7-10-19(17)24-21(22(25)13-16)14-20-18(15(2)3)11-8-12-23(20)26-24/h5-12,14-15,25H,4,13H2,1-3H3/b6-5-,7-5?,9-6?,10-7-,16-9?,19-10?,25-22?. The highest BCUT2D eigenvalue weighted by atomic mass is 14.7. The maximum absolute atomic E-state index is 8.77. The maximum Gasteiger partial charge on any atom is 0.0803 e. The Balaban J connectivity index is 2.07. The van der Waals surface area contributed by atoms with Crippen molar-refractivity contribution >= 4 is 22.2 Å². The van der Waals surface area contributed by atoms with Gasteiger partial charge < -0.3 is 5.41 Å². The number of benzene rings is 1. The Kier molecular flexibility index (Phi) is 4.20. The molecule has 0 unspecified atom stereocenters. The molecule has 0 fully saturated rings. The van der Waals surface area contributed by atoms with Gasteiger partial charge in [-0.1, -0.05) is 63.3 Å². The molecule has 4 rings (SSSR count). The van der Waals surface area contributed by atoms with Crippen molar-refractivity contribution in [3.05, 3.63) is 82.6 Å².